The molecule has 1 heterocycles. The Balaban J connectivity index is 1.67. The van der Waals surface area contributed by atoms with Crippen molar-refractivity contribution in [3.63, 3.8) is 0 Å². The first-order chi connectivity index (χ1) is 14.5. The topological polar surface area (TPSA) is 60.2 Å². The molecule has 8 heteroatoms. The Labute approximate surface area is 181 Å². The molecule has 1 amide bonds. The standard InChI is InChI=1S/C22H29FN4O2S/c1-4-14-27-20(15-29-19-13-9-8-12-18(19)23)24-25-22(27)30-16(2)21(28)26(3)17-10-6-5-7-11-17/h4,8-9,12-13,16-17H,1,5-7,10-11,14-15H2,2-3H3. The van der Waals surface area contributed by atoms with E-state index >= 15 is 0 Å². The summed E-state index contributed by atoms with van der Waals surface area (Å²) in [6.45, 7) is 6.24. The molecule has 0 bridgehead atoms. The number of allylic oxidation sites excluding steroid dienone is 1. The fourth-order valence-corrected chi connectivity index (χ4v) is 4.65. The molecule has 1 aromatic carbocycles. The third kappa shape index (κ3) is 5.41. The van der Waals surface area contributed by atoms with E-state index in [1.165, 1.54) is 37.1 Å². The number of amides is 1. The maximum absolute atomic E-state index is 13.8. The van der Waals surface area contributed by atoms with E-state index in [9.17, 15) is 9.18 Å². The molecule has 1 aliphatic rings. The van der Waals surface area contributed by atoms with Gasteiger partial charge in [0.25, 0.3) is 0 Å². The van der Waals surface area contributed by atoms with Gasteiger partial charge >= 0.3 is 0 Å². The van der Waals surface area contributed by atoms with Gasteiger partial charge in [-0.15, -0.1) is 16.8 Å². The van der Waals surface area contributed by atoms with Crippen LogP contribution in [0, 0.1) is 5.82 Å². The Hall–Kier alpha value is -2.35. The van der Waals surface area contributed by atoms with Crippen molar-refractivity contribution in [1.29, 1.82) is 0 Å². The van der Waals surface area contributed by atoms with Gasteiger partial charge in [-0.05, 0) is 31.9 Å². The fraction of sp³-hybridized carbons (Fsp3) is 0.500. The molecule has 1 unspecified atom stereocenters. The number of ether oxygens (including phenoxy) is 1. The smallest absolute Gasteiger partial charge is 0.235 e. The highest BCUT2D eigenvalue weighted by Crippen LogP contribution is 2.27. The van der Waals surface area contributed by atoms with Gasteiger partial charge in [-0.25, -0.2) is 4.39 Å². The molecule has 3 rings (SSSR count). The van der Waals surface area contributed by atoms with Crippen LogP contribution < -0.4 is 4.74 Å². The van der Waals surface area contributed by atoms with Crippen LogP contribution in [-0.4, -0.2) is 43.9 Å². The normalized spacial score (nSPS) is 15.6. The number of rotatable bonds is 9. The highest BCUT2D eigenvalue weighted by atomic mass is 32.2. The molecule has 0 saturated heterocycles. The Morgan fingerprint density at radius 1 is 1.37 bits per heavy atom. The minimum Gasteiger partial charge on any atom is -0.483 e. The van der Waals surface area contributed by atoms with Crippen LogP contribution in [0.3, 0.4) is 0 Å². The number of para-hydroxylation sites is 1. The van der Waals surface area contributed by atoms with Crippen molar-refractivity contribution in [2.75, 3.05) is 7.05 Å². The van der Waals surface area contributed by atoms with Gasteiger partial charge in [0, 0.05) is 19.6 Å². The second kappa shape index (κ2) is 10.6. The van der Waals surface area contributed by atoms with E-state index in [-0.39, 0.29) is 23.5 Å². The molecule has 1 atom stereocenters. The average molecular weight is 433 g/mol. The number of hydrogen-bond acceptors (Lipinski definition) is 5. The second-order valence-electron chi connectivity index (χ2n) is 7.52. The molecule has 0 aliphatic heterocycles. The summed E-state index contributed by atoms with van der Waals surface area (Å²) >= 11 is 1.38. The van der Waals surface area contributed by atoms with Crippen molar-refractivity contribution in [3.05, 3.63) is 48.6 Å². The zero-order chi connectivity index (χ0) is 21.5. The molecule has 0 spiro atoms. The van der Waals surface area contributed by atoms with Crippen molar-refractivity contribution >= 4 is 17.7 Å². The summed E-state index contributed by atoms with van der Waals surface area (Å²) in [5.41, 5.74) is 0. The number of halogens is 1. The first-order valence-corrected chi connectivity index (χ1v) is 11.2. The highest BCUT2D eigenvalue weighted by molar-refractivity contribution is 8.00. The monoisotopic (exact) mass is 432 g/mol. The van der Waals surface area contributed by atoms with Crippen molar-refractivity contribution in [2.24, 2.45) is 0 Å². The molecule has 30 heavy (non-hydrogen) atoms. The van der Waals surface area contributed by atoms with Crippen LogP contribution >= 0.6 is 11.8 Å². The Kier molecular flexibility index (Phi) is 7.90. The maximum Gasteiger partial charge on any atom is 0.235 e. The van der Waals surface area contributed by atoms with E-state index < -0.39 is 5.82 Å². The average Bonchev–Trinajstić information content (AvgIpc) is 3.14. The van der Waals surface area contributed by atoms with Crippen molar-refractivity contribution in [1.82, 2.24) is 19.7 Å². The number of aromatic nitrogens is 3. The number of thioether (sulfide) groups is 1. The maximum atomic E-state index is 13.8. The lowest BCUT2D eigenvalue weighted by molar-refractivity contribution is -0.131. The molecule has 1 aliphatic carbocycles. The minimum absolute atomic E-state index is 0.0760. The molecule has 1 aromatic heterocycles. The van der Waals surface area contributed by atoms with Gasteiger partial charge in [0.2, 0.25) is 5.91 Å². The molecular formula is C22H29FN4O2S. The molecule has 0 N–H and O–H groups in total. The number of hydrogen-bond donors (Lipinski definition) is 0. The highest BCUT2D eigenvalue weighted by Gasteiger charge is 2.27. The Bertz CT molecular complexity index is 867. The van der Waals surface area contributed by atoms with Crippen molar-refractivity contribution in [3.8, 4) is 5.75 Å². The quantitative estimate of drug-likeness (QED) is 0.433. The lowest BCUT2D eigenvalue weighted by atomic mass is 9.94. The predicted molar refractivity (Wildman–Crippen MR) is 116 cm³/mol. The van der Waals surface area contributed by atoms with Crippen molar-refractivity contribution < 1.29 is 13.9 Å². The van der Waals surface area contributed by atoms with Gasteiger partial charge in [0.05, 0.1) is 5.25 Å². The summed E-state index contributed by atoms with van der Waals surface area (Å²) in [4.78, 5) is 14.8. The molecular weight excluding hydrogens is 403 g/mol. The molecule has 2 aromatic rings. The number of carbonyl (C=O) groups is 1. The van der Waals surface area contributed by atoms with Gasteiger partial charge < -0.3 is 9.64 Å². The second-order valence-corrected chi connectivity index (χ2v) is 8.83. The van der Waals surface area contributed by atoms with Crippen LogP contribution in [0.1, 0.15) is 44.9 Å². The summed E-state index contributed by atoms with van der Waals surface area (Å²) in [6.07, 6.45) is 7.51. The van der Waals surface area contributed by atoms with Crippen LogP contribution in [0.5, 0.6) is 5.75 Å². The Morgan fingerprint density at radius 3 is 2.80 bits per heavy atom. The zero-order valence-corrected chi connectivity index (χ0v) is 18.4. The number of nitrogens with zero attached hydrogens (tertiary/aromatic N) is 4. The lowest BCUT2D eigenvalue weighted by Crippen LogP contribution is -2.42. The van der Waals surface area contributed by atoms with Gasteiger partial charge in [-0.3, -0.25) is 9.36 Å². The Morgan fingerprint density at radius 2 is 2.10 bits per heavy atom. The summed E-state index contributed by atoms with van der Waals surface area (Å²) < 4.78 is 21.2. The predicted octanol–water partition coefficient (Wildman–Crippen LogP) is 4.45. The van der Waals surface area contributed by atoms with Gasteiger partial charge in [-0.2, -0.15) is 0 Å². The summed E-state index contributed by atoms with van der Waals surface area (Å²) in [6, 6.07) is 6.57. The molecule has 6 nitrogen and oxygen atoms in total. The SMILES string of the molecule is C=CCn1c(COc2ccccc2F)nnc1SC(C)C(=O)N(C)C1CCCCC1. The fourth-order valence-electron chi connectivity index (χ4n) is 3.67. The summed E-state index contributed by atoms with van der Waals surface area (Å²) in [5, 5.41) is 8.78. The third-order valence-electron chi connectivity index (χ3n) is 5.40. The molecule has 162 valence electrons. The van der Waals surface area contributed by atoms with Gasteiger partial charge in [-0.1, -0.05) is 49.2 Å². The van der Waals surface area contributed by atoms with Gasteiger partial charge in [0.15, 0.2) is 22.5 Å². The van der Waals surface area contributed by atoms with E-state index in [0.717, 1.165) is 12.8 Å². The van der Waals surface area contributed by atoms with Crippen LogP contribution in [0.15, 0.2) is 42.1 Å². The molecule has 0 radical (unpaired) electrons. The number of carbonyl (C=O) groups excluding carboxylic acids is 1. The lowest BCUT2D eigenvalue weighted by Gasteiger charge is -2.32. The zero-order valence-electron chi connectivity index (χ0n) is 17.6. The van der Waals surface area contributed by atoms with E-state index in [1.54, 1.807) is 24.3 Å². The molecule has 1 fully saturated rings. The first kappa shape index (κ1) is 22.3. The summed E-state index contributed by atoms with van der Waals surface area (Å²) in [7, 11) is 1.90. The summed E-state index contributed by atoms with van der Waals surface area (Å²) in [5.74, 6) is 0.398. The van der Waals surface area contributed by atoms with Crippen molar-refractivity contribution in [2.45, 2.75) is 68.6 Å². The first-order valence-electron chi connectivity index (χ1n) is 10.3. The van der Waals surface area contributed by atoms with E-state index in [2.05, 4.69) is 16.8 Å². The van der Waals surface area contributed by atoms with E-state index in [4.69, 9.17) is 4.74 Å². The molecule has 1 saturated carbocycles. The van der Waals surface area contributed by atoms with Crippen LogP contribution in [0.25, 0.3) is 0 Å². The number of benzene rings is 1. The third-order valence-corrected chi connectivity index (χ3v) is 6.47. The van der Waals surface area contributed by atoms with E-state index in [1.807, 2.05) is 23.4 Å². The van der Waals surface area contributed by atoms with Crippen LogP contribution in [0.2, 0.25) is 0 Å². The van der Waals surface area contributed by atoms with Crippen LogP contribution in [0.4, 0.5) is 4.39 Å². The van der Waals surface area contributed by atoms with Crippen LogP contribution in [-0.2, 0) is 17.9 Å². The van der Waals surface area contributed by atoms with Gasteiger partial charge in [0.1, 0.15) is 6.61 Å². The minimum atomic E-state index is -0.424. The van der Waals surface area contributed by atoms with E-state index in [0.29, 0.717) is 23.6 Å². The largest absolute Gasteiger partial charge is 0.483 e.